The number of nitrogens with zero attached hydrogens (tertiary/aromatic N) is 4. The lowest BCUT2D eigenvalue weighted by Crippen LogP contribution is -2.19. The molecule has 4 rings (SSSR count). The van der Waals surface area contributed by atoms with Gasteiger partial charge in [0, 0.05) is 23.2 Å². The minimum atomic E-state index is -4.73. The van der Waals surface area contributed by atoms with Gasteiger partial charge in [-0.1, -0.05) is 23.4 Å². The minimum Gasteiger partial charge on any atom is -0.329 e. The fourth-order valence-corrected chi connectivity index (χ4v) is 2.54. The van der Waals surface area contributed by atoms with E-state index in [1.54, 1.807) is 0 Å². The van der Waals surface area contributed by atoms with Crippen molar-refractivity contribution in [3.05, 3.63) is 64.5 Å². The van der Waals surface area contributed by atoms with Gasteiger partial charge in [-0.25, -0.2) is 0 Å². The van der Waals surface area contributed by atoms with E-state index in [9.17, 15) is 18.0 Å². The molecule has 0 bridgehead atoms. The highest BCUT2D eigenvalue weighted by Gasteiger charge is 2.38. The first kappa shape index (κ1) is 16.1. The number of hydrogen-bond donors (Lipinski definition) is 1. The molecule has 0 aliphatic heterocycles. The van der Waals surface area contributed by atoms with E-state index < -0.39 is 17.6 Å². The third-order valence-corrected chi connectivity index (χ3v) is 3.79. The Morgan fingerprint density at radius 1 is 1.19 bits per heavy atom. The van der Waals surface area contributed by atoms with E-state index in [0.717, 1.165) is 22.7 Å². The van der Waals surface area contributed by atoms with Crippen molar-refractivity contribution >= 4 is 10.9 Å². The van der Waals surface area contributed by atoms with E-state index in [4.69, 9.17) is 0 Å². The van der Waals surface area contributed by atoms with E-state index in [-0.39, 0.29) is 17.9 Å². The SMILES string of the molecule is O=c1cc(-c2noc(C(F)(F)F)n2)ccn1Cc1[nH]nc2ccccc12. The van der Waals surface area contributed by atoms with Crippen molar-refractivity contribution in [2.75, 3.05) is 0 Å². The van der Waals surface area contributed by atoms with Crippen molar-refractivity contribution in [3.63, 3.8) is 0 Å². The largest absolute Gasteiger partial charge is 0.471 e. The van der Waals surface area contributed by atoms with Crippen LogP contribution in [0, 0.1) is 0 Å². The summed E-state index contributed by atoms with van der Waals surface area (Å²) in [5.41, 5.74) is 1.24. The average molecular weight is 361 g/mol. The first-order valence-corrected chi connectivity index (χ1v) is 7.45. The molecule has 10 heteroatoms. The normalized spacial score (nSPS) is 12.0. The van der Waals surface area contributed by atoms with E-state index in [0.29, 0.717) is 0 Å². The van der Waals surface area contributed by atoms with Crippen molar-refractivity contribution in [3.8, 4) is 11.4 Å². The third kappa shape index (κ3) is 2.85. The van der Waals surface area contributed by atoms with E-state index in [1.165, 1.54) is 16.8 Å². The van der Waals surface area contributed by atoms with Gasteiger partial charge in [0.25, 0.3) is 5.56 Å². The number of hydrogen-bond acceptors (Lipinski definition) is 5. The summed E-state index contributed by atoms with van der Waals surface area (Å²) >= 11 is 0. The lowest BCUT2D eigenvalue weighted by molar-refractivity contribution is -0.159. The van der Waals surface area contributed by atoms with Crippen LogP contribution in [-0.4, -0.2) is 24.9 Å². The number of H-pyrrole nitrogens is 1. The zero-order valence-electron chi connectivity index (χ0n) is 13.0. The van der Waals surface area contributed by atoms with Gasteiger partial charge in [-0.3, -0.25) is 9.89 Å². The van der Waals surface area contributed by atoms with Crippen LogP contribution in [-0.2, 0) is 12.7 Å². The molecule has 0 radical (unpaired) electrons. The number of aromatic nitrogens is 5. The first-order chi connectivity index (χ1) is 12.4. The van der Waals surface area contributed by atoms with Gasteiger partial charge in [-0.2, -0.15) is 23.3 Å². The van der Waals surface area contributed by atoms with Gasteiger partial charge in [0.1, 0.15) is 0 Å². The summed E-state index contributed by atoms with van der Waals surface area (Å²) in [6, 6.07) is 10.0. The zero-order valence-corrected chi connectivity index (χ0v) is 13.0. The summed E-state index contributed by atoms with van der Waals surface area (Å²) < 4.78 is 43.2. The molecule has 26 heavy (non-hydrogen) atoms. The van der Waals surface area contributed by atoms with Crippen LogP contribution in [0.5, 0.6) is 0 Å². The second-order valence-corrected chi connectivity index (χ2v) is 5.52. The predicted octanol–water partition coefficient (Wildman–Crippen LogP) is 2.84. The Morgan fingerprint density at radius 2 is 2.00 bits per heavy atom. The molecule has 0 saturated heterocycles. The van der Waals surface area contributed by atoms with Crippen molar-refractivity contribution in [1.82, 2.24) is 24.9 Å². The van der Waals surface area contributed by atoms with Crippen LogP contribution in [0.1, 0.15) is 11.6 Å². The molecule has 1 aromatic carbocycles. The number of nitrogens with one attached hydrogen (secondary N) is 1. The maximum absolute atomic E-state index is 12.5. The number of aromatic amines is 1. The minimum absolute atomic E-state index is 0.139. The molecule has 0 unspecified atom stereocenters. The van der Waals surface area contributed by atoms with Gasteiger partial charge in [0.2, 0.25) is 5.82 Å². The highest BCUT2D eigenvalue weighted by atomic mass is 19.4. The number of pyridine rings is 1. The number of alkyl halides is 3. The molecule has 4 aromatic rings. The van der Waals surface area contributed by atoms with E-state index in [1.807, 2.05) is 24.3 Å². The monoisotopic (exact) mass is 361 g/mol. The maximum Gasteiger partial charge on any atom is 0.471 e. The van der Waals surface area contributed by atoms with Gasteiger partial charge >= 0.3 is 12.1 Å². The van der Waals surface area contributed by atoms with Gasteiger partial charge in [0.05, 0.1) is 17.8 Å². The zero-order chi connectivity index (χ0) is 18.3. The van der Waals surface area contributed by atoms with Crippen molar-refractivity contribution in [1.29, 1.82) is 0 Å². The quantitative estimate of drug-likeness (QED) is 0.606. The third-order valence-electron chi connectivity index (χ3n) is 3.79. The molecule has 1 N–H and O–H groups in total. The molecule has 0 spiro atoms. The molecule has 132 valence electrons. The highest BCUT2D eigenvalue weighted by Crippen LogP contribution is 2.29. The van der Waals surface area contributed by atoms with Crippen molar-refractivity contribution in [2.24, 2.45) is 0 Å². The van der Waals surface area contributed by atoms with Gasteiger partial charge in [-0.15, -0.1) is 0 Å². The summed E-state index contributed by atoms with van der Waals surface area (Å²) in [5.74, 6) is -1.76. The summed E-state index contributed by atoms with van der Waals surface area (Å²) in [6.45, 7) is 0.236. The van der Waals surface area contributed by atoms with Crippen LogP contribution >= 0.6 is 0 Å². The standard InChI is InChI=1S/C16H10F3N5O2/c17-16(18,19)15-20-14(23-26-15)9-5-6-24(13(25)7-9)8-12-10-3-1-2-4-11(10)21-22-12/h1-7H,8H2,(H,21,22). The molecule has 0 amide bonds. The van der Waals surface area contributed by atoms with Crippen molar-refractivity contribution in [2.45, 2.75) is 12.7 Å². The Bertz CT molecular complexity index is 1140. The van der Waals surface area contributed by atoms with Crippen LogP contribution < -0.4 is 5.56 Å². The van der Waals surface area contributed by atoms with Crippen molar-refractivity contribution < 1.29 is 17.7 Å². The average Bonchev–Trinajstić information content (AvgIpc) is 3.24. The molecule has 0 aliphatic carbocycles. The molecule has 0 fully saturated rings. The van der Waals surface area contributed by atoms with Crippen LogP contribution in [0.25, 0.3) is 22.3 Å². The molecule has 0 aliphatic rings. The second-order valence-electron chi connectivity index (χ2n) is 5.52. The van der Waals surface area contributed by atoms with Crippen LogP contribution in [0.3, 0.4) is 0 Å². The Kier molecular flexibility index (Phi) is 3.60. The van der Waals surface area contributed by atoms with E-state index in [2.05, 4.69) is 24.9 Å². The molecule has 0 atom stereocenters. The first-order valence-electron chi connectivity index (χ1n) is 7.45. The molecule has 7 nitrogen and oxygen atoms in total. The maximum atomic E-state index is 12.5. The summed E-state index contributed by atoms with van der Waals surface area (Å²) in [4.78, 5) is 15.6. The Balaban J connectivity index is 1.64. The molecule has 3 aromatic heterocycles. The summed E-state index contributed by atoms with van der Waals surface area (Å²) in [6.07, 6.45) is -3.28. The number of rotatable bonds is 3. The topological polar surface area (TPSA) is 89.6 Å². The molecular formula is C16H10F3N5O2. The number of benzene rings is 1. The fourth-order valence-electron chi connectivity index (χ4n) is 2.54. The Hall–Kier alpha value is -3.43. The van der Waals surface area contributed by atoms with Crippen LogP contribution in [0.2, 0.25) is 0 Å². The highest BCUT2D eigenvalue weighted by molar-refractivity contribution is 5.81. The van der Waals surface area contributed by atoms with Gasteiger partial charge in [0.15, 0.2) is 0 Å². The second kappa shape index (κ2) is 5.83. The van der Waals surface area contributed by atoms with Gasteiger partial charge in [-0.05, 0) is 12.1 Å². The predicted molar refractivity (Wildman–Crippen MR) is 84.2 cm³/mol. The number of halogens is 3. The lowest BCUT2D eigenvalue weighted by atomic mass is 10.2. The number of fused-ring (bicyclic) bond motifs is 1. The fraction of sp³-hybridized carbons (Fsp3) is 0.125. The smallest absolute Gasteiger partial charge is 0.329 e. The summed E-state index contributed by atoms with van der Waals surface area (Å²) in [5, 5.41) is 11.2. The van der Waals surface area contributed by atoms with Crippen LogP contribution in [0.15, 0.2) is 51.9 Å². The molecular weight excluding hydrogens is 351 g/mol. The van der Waals surface area contributed by atoms with Gasteiger partial charge < -0.3 is 9.09 Å². The van der Waals surface area contributed by atoms with E-state index >= 15 is 0 Å². The summed E-state index contributed by atoms with van der Waals surface area (Å²) in [7, 11) is 0. The molecule has 0 saturated carbocycles. The lowest BCUT2D eigenvalue weighted by Gasteiger charge is -2.05. The number of para-hydroxylation sites is 1. The molecule has 3 heterocycles. The Labute approximate surface area is 143 Å². The Morgan fingerprint density at radius 3 is 2.73 bits per heavy atom. The van der Waals surface area contributed by atoms with Crippen LogP contribution in [0.4, 0.5) is 13.2 Å².